The van der Waals surface area contributed by atoms with E-state index < -0.39 is 0 Å². The molecule has 2 aliphatic carbocycles. The first-order valence-electron chi connectivity index (χ1n) is 12.7. The SMILES string of the molecule is C#Cc1ccc2c3c([nH]c2c1)C(C)(C)c1cc(N2CCN(C(=O)C4CC4)CC2)c(CC)cc1C3=O. The van der Waals surface area contributed by atoms with Crippen LogP contribution in [0.15, 0.2) is 30.3 Å². The molecule has 1 saturated heterocycles. The molecule has 1 amide bonds. The van der Waals surface area contributed by atoms with Crippen LogP contribution in [0, 0.1) is 18.3 Å². The predicted octanol–water partition coefficient (Wildman–Crippen LogP) is 4.64. The third-order valence-corrected chi connectivity index (χ3v) is 8.19. The van der Waals surface area contributed by atoms with Crippen molar-refractivity contribution in [2.24, 2.45) is 5.92 Å². The number of hydrogen-bond acceptors (Lipinski definition) is 3. The number of anilines is 1. The summed E-state index contributed by atoms with van der Waals surface area (Å²) in [4.78, 5) is 34.4. The van der Waals surface area contributed by atoms with Crippen LogP contribution in [0.1, 0.15) is 71.9 Å². The molecule has 2 heterocycles. The maximum atomic E-state index is 13.9. The van der Waals surface area contributed by atoms with Crippen LogP contribution in [0.4, 0.5) is 5.69 Å². The highest BCUT2D eigenvalue weighted by molar-refractivity contribution is 6.20. The number of terminal acetylenes is 1. The first-order valence-corrected chi connectivity index (χ1v) is 12.7. The van der Waals surface area contributed by atoms with Gasteiger partial charge in [-0.2, -0.15) is 0 Å². The normalized spacial score (nSPS) is 18.9. The molecule has 1 aliphatic heterocycles. The highest BCUT2D eigenvalue weighted by Gasteiger charge is 2.41. The monoisotopic (exact) mass is 465 g/mol. The van der Waals surface area contributed by atoms with Crippen LogP contribution in [0.5, 0.6) is 0 Å². The molecule has 1 N–H and O–H groups in total. The van der Waals surface area contributed by atoms with Gasteiger partial charge < -0.3 is 14.8 Å². The van der Waals surface area contributed by atoms with E-state index in [-0.39, 0.29) is 17.1 Å². The maximum absolute atomic E-state index is 13.9. The molecule has 0 atom stereocenters. The maximum Gasteiger partial charge on any atom is 0.225 e. The molecular formula is C30H31N3O2. The molecule has 1 saturated carbocycles. The van der Waals surface area contributed by atoms with Crippen LogP contribution < -0.4 is 4.90 Å². The number of aromatic amines is 1. The number of rotatable bonds is 3. The Bertz CT molecular complexity index is 1430. The van der Waals surface area contributed by atoms with Gasteiger partial charge in [-0.1, -0.05) is 32.8 Å². The minimum atomic E-state index is -0.362. The third kappa shape index (κ3) is 3.31. The largest absolute Gasteiger partial charge is 0.368 e. The van der Waals surface area contributed by atoms with Gasteiger partial charge in [0.15, 0.2) is 5.78 Å². The third-order valence-electron chi connectivity index (χ3n) is 8.19. The molecule has 0 spiro atoms. The van der Waals surface area contributed by atoms with Crippen LogP contribution in [-0.2, 0) is 16.6 Å². The van der Waals surface area contributed by atoms with Gasteiger partial charge in [0.25, 0.3) is 0 Å². The van der Waals surface area contributed by atoms with Crippen molar-refractivity contribution in [3.05, 3.63) is 63.8 Å². The average molecular weight is 466 g/mol. The average Bonchev–Trinajstić information content (AvgIpc) is 3.65. The molecule has 3 aliphatic rings. The van der Waals surface area contributed by atoms with Crippen molar-refractivity contribution in [1.29, 1.82) is 0 Å². The highest BCUT2D eigenvalue weighted by Crippen LogP contribution is 2.46. The van der Waals surface area contributed by atoms with Crippen molar-refractivity contribution < 1.29 is 9.59 Å². The Hall–Kier alpha value is -3.52. The summed E-state index contributed by atoms with van der Waals surface area (Å²) in [7, 11) is 0. The summed E-state index contributed by atoms with van der Waals surface area (Å²) in [5.41, 5.74) is 7.30. The van der Waals surface area contributed by atoms with E-state index in [4.69, 9.17) is 6.42 Å². The smallest absolute Gasteiger partial charge is 0.225 e. The summed E-state index contributed by atoms with van der Waals surface area (Å²) in [5.74, 6) is 3.37. The van der Waals surface area contributed by atoms with Gasteiger partial charge in [-0.05, 0) is 54.7 Å². The van der Waals surface area contributed by atoms with Crippen LogP contribution in [0.2, 0.25) is 0 Å². The second-order valence-electron chi connectivity index (χ2n) is 10.7. The zero-order chi connectivity index (χ0) is 24.5. The molecule has 5 nitrogen and oxygen atoms in total. The van der Waals surface area contributed by atoms with E-state index in [2.05, 4.69) is 48.7 Å². The number of piperazine rings is 1. The molecular weight excluding hydrogens is 434 g/mol. The number of nitrogens with one attached hydrogen (secondary N) is 1. The van der Waals surface area contributed by atoms with Gasteiger partial charge in [-0.25, -0.2) is 0 Å². The summed E-state index contributed by atoms with van der Waals surface area (Å²) in [6.07, 6.45) is 8.57. The van der Waals surface area contributed by atoms with Gasteiger partial charge in [0.05, 0.1) is 5.56 Å². The number of aryl methyl sites for hydroxylation is 1. The van der Waals surface area contributed by atoms with Crippen molar-refractivity contribution in [1.82, 2.24) is 9.88 Å². The molecule has 3 aromatic rings. The fourth-order valence-electron chi connectivity index (χ4n) is 5.93. The molecule has 2 aromatic carbocycles. The van der Waals surface area contributed by atoms with E-state index >= 15 is 0 Å². The topological polar surface area (TPSA) is 56.4 Å². The highest BCUT2D eigenvalue weighted by atomic mass is 16.2. The van der Waals surface area contributed by atoms with E-state index in [9.17, 15) is 9.59 Å². The molecule has 6 rings (SSSR count). The van der Waals surface area contributed by atoms with E-state index in [1.807, 2.05) is 23.1 Å². The Morgan fingerprint density at radius 1 is 1.14 bits per heavy atom. The number of carbonyl (C=O) groups is 2. The number of benzene rings is 2. The van der Waals surface area contributed by atoms with Crippen LogP contribution >= 0.6 is 0 Å². The minimum absolute atomic E-state index is 0.0788. The number of fused-ring (bicyclic) bond motifs is 4. The van der Waals surface area contributed by atoms with Gasteiger partial charge in [0.2, 0.25) is 5.91 Å². The van der Waals surface area contributed by atoms with Gasteiger partial charge in [0.1, 0.15) is 0 Å². The van der Waals surface area contributed by atoms with Crippen molar-refractivity contribution in [3.8, 4) is 12.3 Å². The van der Waals surface area contributed by atoms with Crippen molar-refractivity contribution in [2.45, 2.75) is 45.4 Å². The molecule has 2 fully saturated rings. The minimum Gasteiger partial charge on any atom is -0.368 e. The molecule has 0 radical (unpaired) electrons. The lowest BCUT2D eigenvalue weighted by Crippen LogP contribution is -2.49. The molecule has 0 bridgehead atoms. The zero-order valence-corrected chi connectivity index (χ0v) is 20.7. The zero-order valence-electron chi connectivity index (χ0n) is 20.7. The first-order chi connectivity index (χ1) is 16.8. The van der Waals surface area contributed by atoms with Gasteiger partial charge in [-0.15, -0.1) is 6.42 Å². The summed E-state index contributed by atoms with van der Waals surface area (Å²) >= 11 is 0. The quantitative estimate of drug-likeness (QED) is 0.574. The van der Waals surface area contributed by atoms with E-state index in [1.165, 1.54) is 11.3 Å². The molecule has 1 aromatic heterocycles. The lowest BCUT2D eigenvalue weighted by Gasteiger charge is -2.39. The summed E-state index contributed by atoms with van der Waals surface area (Å²) in [6.45, 7) is 9.71. The summed E-state index contributed by atoms with van der Waals surface area (Å²) in [5, 5.41) is 0.932. The molecule has 0 unspecified atom stereocenters. The van der Waals surface area contributed by atoms with Gasteiger partial charge in [-0.3, -0.25) is 9.59 Å². The number of carbonyl (C=O) groups excluding carboxylic acids is 2. The number of amides is 1. The lowest BCUT2D eigenvalue weighted by molar-refractivity contribution is -0.132. The Morgan fingerprint density at radius 2 is 1.89 bits per heavy atom. The Kier molecular flexibility index (Phi) is 4.86. The number of aromatic nitrogens is 1. The first kappa shape index (κ1) is 22.0. The second-order valence-corrected chi connectivity index (χ2v) is 10.7. The van der Waals surface area contributed by atoms with Gasteiger partial charge in [0, 0.05) is 70.9 Å². The number of nitrogens with zero attached hydrogens (tertiary/aromatic N) is 2. The standard InChI is InChI=1S/C30H31N3O2/c1-5-18-7-10-21-24(15-18)31-28-26(21)27(34)22-16-19(6-2)25(17-23(22)30(28,3)4)32-11-13-33(14-12-32)29(35)20-8-9-20/h1,7,10,15-17,20,31H,6,8-9,11-14H2,2-4H3. The Labute approximate surface area is 206 Å². The fourth-order valence-corrected chi connectivity index (χ4v) is 5.93. The lowest BCUT2D eigenvalue weighted by atomic mass is 9.70. The summed E-state index contributed by atoms with van der Waals surface area (Å²) in [6, 6.07) is 10.2. The van der Waals surface area contributed by atoms with Crippen molar-refractivity contribution >= 4 is 28.3 Å². The van der Waals surface area contributed by atoms with Crippen molar-refractivity contribution in [3.63, 3.8) is 0 Å². The number of hydrogen-bond donors (Lipinski definition) is 1. The van der Waals surface area contributed by atoms with E-state index in [0.29, 0.717) is 5.91 Å². The van der Waals surface area contributed by atoms with E-state index in [1.54, 1.807) is 0 Å². The molecule has 35 heavy (non-hydrogen) atoms. The summed E-state index contributed by atoms with van der Waals surface area (Å²) < 4.78 is 0. The molecule has 5 heteroatoms. The predicted molar refractivity (Wildman–Crippen MR) is 139 cm³/mol. The molecule has 178 valence electrons. The van der Waals surface area contributed by atoms with Crippen LogP contribution in [-0.4, -0.2) is 47.8 Å². The fraction of sp³-hybridized carbons (Fsp3) is 0.400. The van der Waals surface area contributed by atoms with Crippen LogP contribution in [0.25, 0.3) is 10.9 Å². The van der Waals surface area contributed by atoms with Crippen molar-refractivity contribution in [2.75, 3.05) is 31.1 Å². The number of ketones is 1. The van der Waals surface area contributed by atoms with Crippen LogP contribution in [0.3, 0.4) is 0 Å². The Morgan fingerprint density at radius 3 is 2.54 bits per heavy atom. The van der Waals surface area contributed by atoms with E-state index in [0.717, 1.165) is 84.3 Å². The Balaban J connectivity index is 1.40. The second kappa shape index (κ2) is 7.75. The van der Waals surface area contributed by atoms with Gasteiger partial charge >= 0.3 is 0 Å². The number of H-pyrrole nitrogens is 1.